The van der Waals surface area contributed by atoms with Gasteiger partial charge in [0.1, 0.15) is 6.04 Å². The first-order valence-corrected chi connectivity index (χ1v) is 8.45. The Labute approximate surface area is 128 Å². The van der Waals surface area contributed by atoms with E-state index in [1.54, 1.807) is 22.9 Å². The maximum Gasteiger partial charge on any atom is 0.246 e. The quantitative estimate of drug-likeness (QED) is 0.828. The Kier molecular flexibility index (Phi) is 4.19. The summed E-state index contributed by atoms with van der Waals surface area (Å²) < 4.78 is 1.88. The van der Waals surface area contributed by atoms with Crippen LogP contribution in [0.15, 0.2) is 18.5 Å². The zero-order chi connectivity index (χ0) is 14.8. The van der Waals surface area contributed by atoms with Crippen LogP contribution in [0.25, 0.3) is 0 Å². The number of nitrogens with zero attached hydrogens (tertiary/aromatic N) is 4. The number of rotatable bonds is 3. The van der Waals surface area contributed by atoms with Gasteiger partial charge in [-0.25, -0.2) is 0 Å². The molecule has 3 rings (SSSR count). The second-order valence-electron chi connectivity index (χ2n) is 5.56. The number of carbonyl (C=O) groups is 2. The lowest BCUT2D eigenvalue weighted by Gasteiger charge is -2.30. The second kappa shape index (κ2) is 6.09. The monoisotopic (exact) mass is 308 g/mol. The molecule has 7 heteroatoms. The molecule has 0 spiro atoms. The Morgan fingerprint density at radius 2 is 2.24 bits per heavy atom. The van der Waals surface area contributed by atoms with E-state index in [9.17, 15) is 9.59 Å². The molecule has 3 heterocycles. The fourth-order valence-corrected chi connectivity index (χ4v) is 4.30. The van der Waals surface area contributed by atoms with Crippen LogP contribution in [-0.2, 0) is 16.1 Å². The number of hydrogen-bond acceptors (Lipinski definition) is 4. The lowest BCUT2D eigenvalue weighted by Crippen LogP contribution is -2.50. The molecule has 2 atom stereocenters. The number of amides is 2. The SMILES string of the molecule is CC(=O)N1CSC[C@H]1C(=O)N1CCC[C@@H]1Cn1cccn1. The van der Waals surface area contributed by atoms with E-state index < -0.39 is 0 Å². The molecule has 1 aromatic heterocycles. The average molecular weight is 308 g/mol. The van der Waals surface area contributed by atoms with Crippen LogP contribution in [0, 0.1) is 0 Å². The maximum absolute atomic E-state index is 12.8. The Hall–Kier alpha value is -1.50. The van der Waals surface area contributed by atoms with E-state index in [1.807, 2.05) is 21.8 Å². The Balaban J connectivity index is 1.69. The van der Waals surface area contributed by atoms with Crippen molar-refractivity contribution in [1.29, 1.82) is 0 Å². The van der Waals surface area contributed by atoms with Gasteiger partial charge in [-0.05, 0) is 18.9 Å². The minimum Gasteiger partial charge on any atom is -0.336 e. The minimum atomic E-state index is -0.286. The van der Waals surface area contributed by atoms with Gasteiger partial charge in [0.05, 0.1) is 18.5 Å². The van der Waals surface area contributed by atoms with Gasteiger partial charge >= 0.3 is 0 Å². The summed E-state index contributed by atoms with van der Waals surface area (Å²) in [5.41, 5.74) is 0. The molecule has 2 amide bonds. The molecule has 21 heavy (non-hydrogen) atoms. The van der Waals surface area contributed by atoms with E-state index in [0.29, 0.717) is 11.6 Å². The van der Waals surface area contributed by atoms with Crippen molar-refractivity contribution in [2.75, 3.05) is 18.2 Å². The zero-order valence-corrected chi connectivity index (χ0v) is 13.0. The molecule has 0 radical (unpaired) electrons. The van der Waals surface area contributed by atoms with Gasteiger partial charge in [-0.15, -0.1) is 11.8 Å². The topological polar surface area (TPSA) is 58.4 Å². The third-order valence-electron chi connectivity index (χ3n) is 4.19. The summed E-state index contributed by atoms with van der Waals surface area (Å²) in [5, 5.41) is 4.22. The zero-order valence-electron chi connectivity index (χ0n) is 12.1. The number of carbonyl (C=O) groups excluding carboxylic acids is 2. The Morgan fingerprint density at radius 3 is 2.95 bits per heavy atom. The number of likely N-dealkylation sites (tertiary alicyclic amines) is 1. The van der Waals surface area contributed by atoms with Gasteiger partial charge in [0.15, 0.2) is 0 Å². The van der Waals surface area contributed by atoms with Crippen LogP contribution in [0.5, 0.6) is 0 Å². The Morgan fingerprint density at radius 1 is 1.38 bits per heavy atom. The Bertz CT molecular complexity index is 519. The lowest BCUT2D eigenvalue weighted by molar-refractivity contribution is -0.143. The van der Waals surface area contributed by atoms with Crippen molar-refractivity contribution in [2.24, 2.45) is 0 Å². The highest BCUT2D eigenvalue weighted by Crippen LogP contribution is 2.26. The summed E-state index contributed by atoms with van der Waals surface area (Å²) in [6.07, 6.45) is 5.71. The van der Waals surface area contributed by atoms with E-state index in [0.717, 1.165) is 25.9 Å². The normalized spacial score (nSPS) is 25.6. The van der Waals surface area contributed by atoms with Crippen molar-refractivity contribution in [1.82, 2.24) is 19.6 Å². The predicted molar refractivity (Wildman–Crippen MR) is 80.6 cm³/mol. The third kappa shape index (κ3) is 2.92. The van der Waals surface area contributed by atoms with Crippen LogP contribution in [0.3, 0.4) is 0 Å². The fourth-order valence-electron chi connectivity index (χ4n) is 3.09. The molecule has 6 nitrogen and oxygen atoms in total. The first kappa shape index (κ1) is 14.4. The fraction of sp³-hybridized carbons (Fsp3) is 0.643. The van der Waals surface area contributed by atoms with Crippen molar-refractivity contribution < 1.29 is 9.59 Å². The molecule has 0 aromatic carbocycles. The number of thioether (sulfide) groups is 1. The summed E-state index contributed by atoms with van der Waals surface area (Å²) >= 11 is 1.65. The molecule has 2 aliphatic heterocycles. The van der Waals surface area contributed by atoms with Gasteiger partial charge < -0.3 is 9.80 Å². The van der Waals surface area contributed by atoms with Crippen LogP contribution in [-0.4, -0.2) is 61.7 Å². The van der Waals surface area contributed by atoms with Crippen LogP contribution in [0.4, 0.5) is 0 Å². The smallest absolute Gasteiger partial charge is 0.246 e. The first-order valence-electron chi connectivity index (χ1n) is 7.29. The predicted octanol–water partition coefficient (Wildman–Crippen LogP) is 0.795. The number of aromatic nitrogens is 2. The minimum absolute atomic E-state index is 0.0128. The molecule has 0 N–H and O–H groups in total. The van der Waals surface area contributed by atoms with Gasteiger partial charge in [0.25, 0.3) is 0 Å². The van der Waals surface area contributed by atoms with E-state index in [1.165, 1.54) is 6.92 Å². The molecule has 0 aliphatic carbocycles. The first-order chi connectivity index (χ1) is 10.2. The van der Waals surface area contributed by atoms with Crippen LogP contribution in [0.2, 0.25) is 0 Å². The summed E-state index contributed by atoms with van der Waals surface area (Å²) in [4.78, 5) is 28.1. The van der Waals surface area contributed by atoms with E-state index in [-0.39, 0.29) is 23.9 Å². The standard InChI is InChI=1S/C14H20N4O2S/c1-11(19)18-10-21-9-13(18)14(20)17-7-2-4-12(17)8-16-6-3-5-15-16/h3,5-6,12-13H,2,4,7-10H2,1H3/t12-,13+/m1/s1. The highest BCUT2D eigenvalue weighted by Gasteiger charge is 2.39. The molecule has 0 bridgehead atoms. The van der Waals surface area contributed by atoms with E-state index >= 15 is 0 Å². The molecule has 2 fully saturated rings. The van der Waals surface area contributed by atoms with Gasteiger partial charge in [0, 0.05) is 31.6 Å². The largest absolute Gasteiger partial charge is 0.336 e. The average Bonchev–Trinajstić information content (AvgIpc) is 3.20. The van der Waals surface area contributed by atoms with Crippen LogP contribution < -0.4 is 0 Å². The van der Waals surface area contributed by atoms with Crippen LogP contribution in [0.1, 0.15) is 19.8 Å². The summed E-state index contributed by atoms with van der Waals surface area (Å²) in [6, 6.07) is 1.80. The molecular weight excluding hydrogens is 288 g/mol. The molecule has 2 saturated heterocycles. The van der Waals surface area contributed by atoms with Crippen molar-refractivity contribution >= 4 is 23.6 Å². The van der Waals surface area contributed by atoms with E-state index in [2.05, 4.69) is 5.10 Å². The molecular formula is C14H20N4O2S. The summed E-state index contributed by atoms with van der Waals surface area (Å²) in [5.74, 6) is 1.43. The number of hydrogen-bond donors (Lipinski definition) is 0. The molecule has 0 saturated carbocycles. The molecule has 1 aromatic rings. The molecule has 2 aliphatic rings. The molecule has 114 valence electrons. The van der Waals surface area contributed by atoms with Gasteiger partial charge in [-0.3, -0.25) is 14.3 Å². The third-order valence-corrected chi connectivity index (χ3v) is 5.20. The van der Waals surface area contributed by atoms with Crippen molar-refractivity contribution in [3.8, 4) is 0 Å². The van der Waals surface area contributed by atoms with Gasteiger partial charge in [0.2, 0.25) is 11.8 Å². The van der Waals surface area contributed by atoms with Crippen molar-refractivity contribution in [3.63, 3.8) is 0 Å². The van der Waals surface area contributed by atoms with Crippen molar-refractivity contribution in [2.45, 2.75) is 38.4 Å². The summed E-state index contributed by atoms with van der Waals surface area (Å²) in [7, 11) is 0. The highest BCUT2D eigenvalue weighted by molar-refractivity contribution is 7.99. The van der Waals surface area contributed by atoms with Crippen LogP contribution >= 0.6 is 11.8 Å². The lowest BCUT2D eigenvalue weighted by atomic mass is 10.2. The highest BCUT2D eigenvalue weighted by atomic mass is 32.2. The molecule has 0 unspecified atom stereocenters. The van der Waals surface area contributed by atoms with Crippen molar-refractivity contribution in [3.05, 3.63) is 18.5 Å². The maximum atomic E-state index is 12.8. The van der Waals surface area contributed by atoms with Gasteiger partial charge in [-0.1, -0.05) is 0 Å². The summed E-state index contributed by atoms with van der Waals surface area (Å²) in [6.45, 7) is 3.06. The van der Waals surface area contributed by atoms with Gasteiger partial charge in [-0.2, -0.15) is 5.10 Å². The van der Waals surface area contributed by atoms with E-state index in [4.69, 9.17) is 0 Å². The second-order valence-corrected chi connectivity index (χ2v) is 6.56.